The lowest BCUT2D eigenvalue weighted by molar-refractivity contribution is 0.548. The molecule has 100 valence electrons. The van der Waals surface area contributed by atoms with E-state index in [0.29, 0.717) is 12.0 Å². The van der Waals surface area contributed by atoms with Gasteiger partial charge in [0.1, 0.15) is 11.6 Å². The molecule has 0 aromatic heterocycles. The second-order valence-electron chi connectivity index (χ2n) is 4.65. The first-order valence-electron chi connectivity index (χ1n) is 6.23. The Morgan fingerprint density at radius 2 is 1.74 bits per heavy atom. The molecule has 0 bridgehead atoms. The molecule has 0 radical (unpaired) electrons. The van der Waals surface area contributed by atoms with Crippen LogP contribution in [0, 0.1) is 17.6 Å². The highest BCUT2D eigenvalue weighted by Crippen LogP contribution is 2.19. The van der Waals surface area contributed by atoms with E-state index >= 15 is 0 Å². The summed E-state index contributed by atoms with van der Waals surface area (Å²) < 4.78 is 26.8. The fourth-order valence-corrected chi connectivity index (χ4v) is 2.61. The van der Waals surface area contributed by atoms with Crippen LogP contribution < -0.4 is 0 Å². The van der Waals surface area contributed by atoms with Crippen molar-refractivity contribution >= 4 is 15.9 Å². The molecule has 0 saturated heterocycles. The molecule has 0 fully saturated rings. The van der Waals surface area contributed by atoms with Crippen LogP contribution >= 0.6 is 15.9 Å². The van der Waals surface area contributed by atoms with E-state index in [1.807, 2.05) is 12.1 Å². The molecule has 0 aliphatic carbocycles. The summed E-state index contributed by atoms with van der Waals surface area (Å²) in [6.07, 6.45) is 1.38. The van der Waals surface area contributed by atoms with Gasteiger partial charge in [-0.15, -0.1) is 0 Å². The van der Waals surface area contributed by atoms with Crippen LogP contribution in [0.25, 0.3) is 0 Å². The third-order valence-electron chi connectivity index (χ3n) is 3.10. The Labute approximate surface area is 120 Å². The fraction of sp³-hybridized carbons (Fsp3) is 0.250. The molecule has 0 spiro atoms. The first-order valence-corrected chi connectivity index (χ1v) is 7.35. The van der Waals surface area contributed by atoms with Crippen LogP contribution in [-0.2, 0) is 12.8 Å². The van der Waals surface area contributed by atoms with Gasteiger partial charge < -0.3 is 0 Å². The fourth-order valence-electron chi connectivity index (χ4n) is 2.15. The van der Waals surface area contributed by atoms with E-state index in [1.54, 1.807) is 18.2 Å². The van der Waals surface area contributed by atoms with Crippen molar-refractivity contribution < 1.29 is 8.78 Å². The molecule has 0 saturated carbocycles. The van der Waals surface area contributed by atoms with Gasteiger partial charge in [-0.25, -0.2) is 8.78 Å². The quantitative estimate of drug-likeness (QED) is 0.695. The average Bonchev–Trinajstić information content (AvgIpc) is 2.40. The minimum atomic E-state index is -0.225. The van der Waals surface area contributed by atoms with E-state index in [1.165, 1.54) is 18.2 Å². The Balaban J connectivity index is 2.07. The van der Waals surface area contributed by atoms with E-state index < -0.39 is 0 Å². The molecule has 19 heavy (non-hydrogen) atoms. The summed E-state index contributed by atoms with van der Waals surface area (Å²) in [6.45, 7) is 0. The molecule has 3 heteroatoms. The summed E-state index contributed by atoms with van der Waals surface area (Å²) in [6, 6.07) is 13.4. The van der Waals surface area contributed by atoms with Crippen molar-refractivity contribution in [1.29, 1.82) is 0 Å². The number of benzene rings is 2. The largest absolute Gasteiger partial charge is 0.207 e. The van der Waals surface area contributed by atoms with Crippen molar-refractivity contribution in [3.8, 4) is 0 Å². The Kier molecular flexibility index (Phi) is 5.08. The SMILES string of the molecule is Fc1cccc(CC(CBr)Cc2ccccc2F)c1. The molecule has 0 aliphatic heterocycles. The van der Waals surface area contributed by atoms with Crippen molar-refractivity contribution in [2.24, 2.45) is 5.92 Å². The van der Waals surface area contributed by atoms with Gasteiger partial charge in [-0.2, -0.15) is 0 Å². The summed E-state index contributed by atoms with van der Waals surface area (Å²) in [5.41, 5.74) is 1.66. The minimum absolute atomic E-state index is 0.173. The lowest BCUT2D eigenvalue weighted by Gasteiger charge is -2.14. The number of rotatable bonds is 5. The second kappa shape index (κ2) is 6.80. The zero-order chi connectivity index (χ0) is 13.7. The van der Waals surface area contributed by atoms with E-state index in [4.69, 9.17) is 0 Å². The highest BCUT2D eigenvalue weighted by atomic mass is 79.9. The van der Waals surface area contributed by atoms with Gasteiger partial charge in [0.25, 0.3) is 0 Å². The van der Waals surface area contributed by atoms with Gasteiger partial charge in [0.15, 0.2) is 0 Å². The number of hydrogen-bond acceptors (Lipinski definition) is 0. The van der Waals surface area contributed by atoms with Gasteiger partial charge in [0, 0.05) is 5.33 Å². The maximum absolute atomic E-state index is 13.6. The monoisotopic (exact) mass is 324 g/mol. The third kappa shape index (κ3) is 4.13. The van der Waals surface area contributed by atoms with Crippen molar-refractivity contribution in [2.45, 2.75) is 12.8 Å². The molecular weight excluding hydrogens is 310 g/mol. The Morgan fingerprint density at radius 1 is 0.947 bits per heavy atom. The van der Waals surface area contributed by atoms with Crippen molar-refractivity contribution in [3.63, 3.8) is 0 Å². The number of hydrogen-bond donors (Lipinski definition) is 0. The van der Waals surface area contributed by atoms with Crippen LogP contribution in [0.1, 0.15) is 11.1 Å². The zero-order valence-electron chi connectivity index (χ0n) is 10.5. The standard InChI is InChI=1S/C16H15BrF2/c17-11-13(8-12-4-3-6-15(18)10-12)9-14-5-1-2-7-16(14)19/h1-7,10,13H,8-9,11H2. The van der Waals surface area contributed by atoms with Gasteiger partial charge in [-0.1, -0.05) is 46.3 Å². The Hall–Kier alpha value is -1.22. The van der Waals surface area contributed by atoms with E-state index in [-0.39, 0.29) is 17.6 Å². The predicted octanol–water partition coefficient (Wildman–Crippen LogP) is 4.76. The third-order valence-corrected chi connectivity index (χ3v) is 4.01. The van der Waals surface area contributed by atoms with Crippen molar-refractivity contribution in [2.75, 3.05) is 5.33 Å². The maximum Gasteiger partial charge on any atom is 0.126 e. The summed E-state index contributed by atoms with van der Waals surface area (Å²) in [5, 5.41) is 0.762. The van der Waals surface area contributed by atoms with Crippen molar-refractivity contribution in [3.05, 3.63) is 71.3 Å². The molecule has 2 rings (SSSR count). The van der Waals surface area contributed by atoms with Gasteiger partial charge in [0.2, 0.25) is 0 Å². The molecular formula is C16H15BrF2. The van der Waals surface area contributed by atoms with Crippen LogP contribution in [0.4, 0.5) is 8.78 Å². The van der Waals surface area contributed by atoms with Gasteiger partial charge in [-0.05, 0) is 48.1 Å². The lowest BCUT2D eigenvalue weighted by atomic mass is 9.94. The molecule has 2 aromatic carbocycles. The highest BCUT2D eigenvalue weighted by molar-refractivity contribution is 9.09. The Bertz CT molecular complexity index is 540. The summed E-state index contributed by atoms with van der Waals surface area (Å²) in [7, 11) is 0. The summed E-state index contributed by atoms with van der Waals surface area (Å²) in [5.74, 6) is -0.150. The molecule has 0 heterocycles. The first-order chi connectivity index (χ1) is 9.19. The summed E-state index contributed by atoms with van der Waals surface area (Å²) in [4.78, 5) is 0. The molecule has 1 atom stereocenters. The highest BCUT2D eigenvalue weighted by Gasteiger charge is 2.12. The second-order valence-corrected chi connectivity index (χ2v) is 5.30. The zero-order valence-corrected chi connectivity index (χ0v) is 12.0. The topological polar surface area (TPSA) is 0 Å². The minimum Gasteiger partial charge on any atom is -0.207 e. The molecule has 0 aliphatic rings. The molecule has 1 unspecified atom stereocenters. The normalized spacial score (nSPS) is 12.4. The van der Waals surface area contributed by atoms with E-state index in [0.717, 1.165) is 17.3 Å². The maximum atomic E-state index is 13.6. The van der Waals surface area contributed by atoms with E-state index in [2.05, 4.69) is 15.9 Å². The van der Waals surface area contributed by atoms with Crippen LogP contribution in [0.5, 0.6) is 0 Å². The van der Waals surface area contributed by atoms with Crippen molar-refractivity contribution in [1.82, 2.24) is 0 Å². The molecule has 0 amide bonds. The van der Waals surface area contributed by atoms with Crippen LogP contribution in [0.15, 0.2) is 48.5 Å². The van der Waals surface area contributed by atoms with Gasteiger partial charge in [0.05, 0.1) is 0 Å². The number of halogens is 3. The lowest BCUT2D eigenvalue weighted by Crippen LogP contribution is -2.11. The number of alkyl halides is 1. The van der Waals surface area contributed by atoms with Crippen LogP contribution in [0.3, 0.4) is 0 Å². The molecule has 2 aromatic rings. The van der Waals surface area contributed by atoms with Gasteiger partial charge >= 0.3 is 0 Å². The molecule has 0 N–H and O–H groups in total. The summed E-state index contributed by atoms with van der Waals surface area (Å²) >= 11 is 3.46. The smallest absolute Gasteiger partial charge is 0.126 e. The average molecular weight is 325 g/mol. The van der Waals surface area contributed by atoms with Gasteiger partial charge in [-0.3, -0.25) is 0 Å². The Morgan fingerprint density at radius 3 is 2.42 bits per heavy atom. The van der Waals surface area contributed by atoms with Crippen LogP contribution in [-0.4, -0.2) is 5.33 Å². The molecule has 0 nitrogen and oxygen atoms in total. The first kappa shape index (κ1) is 14.2. The predicted molar refractivity (Wildman–Crippen MR) is 77.5 cm³/mol. The van der Waals surface area contributed by atoms with Crippen LogP contribution in [0.2, 0.25) is 0 Å². The van der Waals surface area contributed by atoms with E-state index in [9.17, 15) is 8.78 Å².